The molecule has 3 aromatic rings. The molecular weight excluding hydrogens is 372 g/mol. The van der Waals surface area contributed by atoms with Crippen LogP contribution in [0.3, 0.4) is 0 Å². The summed E-state index contributed by atoms with van der Waals surface area (Å²) in [5.74, 6) is -0.250. The molecule has 4 rings (SSSR count). The topological polar surface area (TPSA) is 45.3 Å². The smallest absolute Gasteiger partial charge is 0.340 e. The second-order valence-corrected chi connectivity index (χ2v) is 7.03. The van der Waals surface area contributed by atoms with Crippen LogP contribution < -0.4 is 0 Å². The zero-order valence-electron chi connectivity index (χ0n) is 16.5. The maximum absolute atomic E-state index is 12.7. The first-order valence-electron chi connectivity index (χ1n) is 9.84. The van der Waals surface area contributed by atoms with Crippen LogP contribution in [0.5, 0.6) is 0 Å². The fourth-order valence-corrected chi connectivity index (χ4v) is 4.06. The third kappa shape index (κ3) is 3.67. The van der Waals surface area contributed by atoms with E-state index in [-0.39, 0.29) is 18.4 Å². The minimum absolute atomic E-state index is 0. The second kappa shape index (κ2) is 8.80. The van der Waals surface area contributed by atoms with Gasteiger partial charge in [-0.15, -0.1) is 12.4 Å². The lowest BCUT2D eigenvalue weighted by molar-refractivity contribution is 0.0468. The number of para-hydroxylation sites is 1. The van der Waals surface area contributed by atoms with Gasteiger partial charge in [-0.3, -0.25) is 0 Å². The van der Waals surface area contributed by atoms with Crippen molar-refractivity contribution in [1.82, 2.24) is 9.88 Å². The summed E-state index contributed by atoms with van der Waals surface area (Å²) in [5, 5.41) is 1.11. The van der Waals surface area contributed by atoms with Gasteiger partial charge in [-0.25, -0.2) is 4.79 Å². The molecule has 0 spiro atoms. The summed E-state index contributed by atoms with van der Waals surface area (Å²) in [4.78, 5) is 18.5. The first-order chi connectivity index (χ1) is 13.2. The van der Waals surface area contributed by atoms with Crippen molar-refractivity contribution in [3.8, 4) is 11.1 Å². The van der Waals surface area contributed by atoms with Crippen LogP contribution in [0.1, 0.15) is 35.5 Å². The fourth-order valence-electron chi connectivity index (χ4n) is 4.06. The summed E-state index contributed by atoms with van der Waals surface area (Å²) < 4.78 is 5.57. The van der Waals surface area contributed by atoms with Gasteiger partial charge in [0.05, 0.1) is 11.1 Å². The number of carbonyl (C=O) groups excluding carboxylic acids is 1. The molecule has 0 aliphatic heterocycles. The lowest BCUT2D eigenvalue weighted by Gasteiger charge is -2.17. The van der Waals surface area contributed by atoms with Crippen molar-refractivity contribution in [3.05, 3.63) is 59.3 Å². The zero-order valence-corrected chi connectivity index (χ0v) is 17.3. The van der Waals surface area contributed by atoms with Gasteiger partial charge in [-0.05, 0) is 43.1 Å². The molecule has 1 aromatic heterocycles. The van der Waals surface area contributed by atoms with E-state index in [0.29, 0.717) is 12.2 Å². The van der Waals surface area contributed by atoms with Crippen LogP contribution in [0.15, 0.2) is 42.5 Å². The Kier molecular flexibility index (Phi) is 6.42. The van der Waals surface area contributed by atoms with E-state index in [1.165, 1.54) is 22.4 Å². The SMILES string of the molecule is CCN(CC)CCOC(=O)c1cccc2c3c([nH]c12)CCc1ccccc1-3.Cl. The lowest BCUT2D eigenvalue weighted by atomic mass is 9.88. The summed E-state index contributed by atoms with van der Waals surface area (Å²) in [6.45, 7) is 7.35. The molecule has 0 saturated carbocycles. The number of rotatable bonds is 6. The van der Waals surface area contributed by atoms with Crippen molar-refractivity contribution in [2.45, 2.75) is 26.7 Å². The molecule has 1 N–H and O–H groups in total. The average Bonchev–Trinajstić information content (AvgIpc) is 3.10. The third-order valence-corrected chi connectivity index (χ3v) is 5.60. The van der Waals surface area contributed by atoms with E-state index in [1.807, 2.05) is 12.1 Å². The quantitative estimate of drug-likeness (QED) is 0.603. The van der Waals surface area contributed by atoms with Crippen molar-refractivity contribution in [3.63, 3.8) is 0 Å². The van der Waals surface area contributed by atoms with Crippen molar-refractivity contribution in [2.24, 2.45) is 0 Å². The molecule has 0 atom stereocenters. The van der Waals surface area contributed by atoms with Crippen LogP contribution in [0.25, 0.3) is 22.0 Å². The van der Waals surface area contributed by atoms with E-state index in [0.717, 1.165) is 43.4 Å². The van der Waals surface area contributed by atoms with E-state index < -0.39 is 0 Å². The Morgan fingerprint density at radius 3 is 2.64 bits per heavy atom. The molecule has 1 aliphatic rings. The number of nitrogens with one attached hydrogen (secondary N) is 1. The van der Waals surface area contributed by atoms with Gasteiger partial charge in [0, 0.05) is 23.2 Å². The number of aromatic nitrogens is 1. The largest absolute Gasteiger partial charge is 0.461 e. The van der Waals surface area contributed by atoms with Gasteiger partial charge in [0.25, 0.3) is 0 Å². The maximum Gasteiger partial charge on any atom is 0.340 e. The summed E-state index contributed by atoms with van der Waals surface area (Å²) in [6.07, 6.45) is 2.00. The zero-order chi connectivity index (χ0) is 18.8. The molecule has 1 heterocycles. The Bertz CT molecular complexity index is 976. The molecule has 0 saturated heterocycles. The molecule has 0 bridgehead atoms. The highest BCUT2D eigenvalue weighted by Gasteiger charge is 2.23. The highest BCUT2D eigenvalue weighted by molar-refractivity contribution is 6.09. The molecule has 148 valence electrons. The number of fused-ring (bicyclic) bond motifs is 5. The van der Waals surface area contributed by atoms with E-state index in [2.05, 4.69) is 54.1 Å². The normalized spacial score (nSPS) is 12.4. The van der Waals surface area contributed by atoms with Crippen LogP contribution >= 0.6 is 12.4 Å². The van der Waals surface area contributed by atoms with Crippen LogP contribution in [0, 0.1) is 0 Å². The number of ether oxygens (including phenoxy) is 1. The molecule has 0 radical (unpaired) electrons. The van der Waals surface area contributed by atoms with Crippen molar-refractivity contribution in [2.75, 3.05) is 26.2 Å². The van der Waals surface area contributed by atoms with Crippen LogP contribution in [-0.2, 0) is 17.6 Å². The molecule has 2 aromatic carbocycles. The highest BCUT2D eigenvalue weighted by atomic mass is 35.5. The van der Waals surface area contributed by atoms with Gasteiger partial charge >= 0.3 is 5.97 Å². The van der Waals surface area contributed by atoms with Crippen LogP contribution in [-0.4, -0.2) is 42.1 Å². The number of carbonyl (C=O) groups is 1. The lowest BCUT2D eigenvalue weighted by Crippen LogP contribution is -2.27. The van der Waals surface area contributed by atoms with Gasteiger partial charge in [0.2, 0.25) is 0 Å². The van der Waals surface area contributed by atoms with Gasteiger partial charge in [0.1, 0.15) is 6.61 Å². The van der Waals surface area contributed by atoms with E-state index in [4.69, 9.17) is 4.74 Å². The van der Waals surface area contributed by atoms with Gasteiger partial charge in [0.15, 0.2) is 0 Å². The number of hydrogen-bond acceptors (Lipinski definition) is 3. The Hall–Kier alpha value is -2.30. The molecule has 5 heteroatoms. The first-order valence-corrected chi connectivity index (χ1v) is 9.84. The van der Waals surface area contributed by atoms with Gasteiger partial charge in [-0.1, -0.05) is 50.2 Å². The van der Waals surface area contributed by atoms with Crippen LogP contribution in [0.2, 0.25) is 0 Å². The average molecular weight is 399 g/mol. The fraction of sp³-hybridized carbons (Fsp3) is 0.348. The number of benzene rings is 2. The van der Waals surface area contributed by atoms with Crippen molar-refractivity contribution in [1.29, 1.82) is 0 Å². The molecular formula is C23H27ClN2O2. The molecule has 4 nitrogen and oxygen atoms in total. The predicted octanol–water partition coefficient (Wildman–Crippen LogP) is 4.85. The Labute approximate surface area is 172 Å². The van der Waals surface area contributed by atoms with E-state index >= 15 is 0 Å². The Morgan fingerprint density at radius 1 is 1.07 bits per heavy atom. The third-order valence-electron chi connectivity index (χ3n) is 5.60. The monoisotopic (exact) mass is 398 g/mol. The Balaban J connectivity index is 0.00000225. The first kappa shape index (κ1) is 20.4. The summed E-state index contributed by atoms with van der Waals surface area (Å²) in [5.41, 5.74) is 6.62. The number of halogens is 1. The molecule has 28 heavy (non-hydrogen) atoms. The standard InChI is InChI=1S/C23H26N2O2.ClH/c1-3-25(4-2)14-15-27-23(26)19-11-7-10-18-21-17-9-6-5-8-16(17)12-13-20(21)24-22(18)19;/h5-11,24H,3-4,12-15H2,1-2H3;1H. The van der Waals surface area contributed by atoms with Gasteiger partial charge < -0.3 is 14.6 Å². The predicted molar refractivity (Wildman–Crippen MR) is 116 cm³/mol. The number of H-pyrrole nitrogens is 1. The van der Waals surface area contributed by atoms with Crippen molar-refractivity contribution >= 4 is 29.3 Å². The number of aromatic amines is 1. The van der Waals surface area contributed by atoms with Gasteiger partial charge in [-0.2, -0.15) is 0 Å². The summed E-state index contributed by atoms with van der Waals surface area (Å²) in [7, 11) is 0. The van der Waals surface area contributed by atoms with E-state index in [1.54, 1.807) is 0 Å². The minimum atomic E-state index is -0.250. The number of aryl methyl sites for hydroxylation is 2. The minimum Gasteiger partial charge on any atom is -0.461 e. The second-order valence-electron chi connectivity index (χ2n) is 7.03. The summed E-state index contributed by atoms with van der Waals surface area (Å²) >= 11 is 0. The molecule has 0 unspecified atom stereocenters. The van der Waals surface area contributed by atoms with Crippen LogP contribution in [0.4, 0.5) is 0 Å². The number of hydrogen-bond donors (Lipinski definition) is 1. The Morgan fingerprint density at radius 2 is 1.86 bits per heavy atom. The van der Waals surface area contributed by atoms with Crippen molar-refractivity contribution < 1.29 is 9.53 Å². The summed E-state index contributed by atoms with van der Waals surface area (Å²) in [6, 6.07) is 14.5. The molecule has 1 aliphatic carbocycles. The highest BCUT2D eigenvalue weighted by Crippen LogP contribution is 2.39. The number of likely N-dealkylation sites (N-methyl/N-ethyl adjacent to an activating group) is 1. The molecule has 0 amide bonds. The number of nitrogens with zero attached hydrogens (tertiary/aromatic N) is 1. The van der Waals surface area contributed by atoms with E-state index in [9.17, 15) is 4.79 Å². The molecule has 0 fully saturated rings. The maximum atomic E-state index is 12.7. The number of esters is 1.